The van der Waals surface area contributed by atoms with E-state index in [4.69, 9.17) is 9.72 Å². The molecule has 1 heterocycles. The molecule has 3 aromatic carbocycles. The molecule has 0 spiro atoms. The summed E-state index contributed by atoms with van der Waals surface area (Å²) < 4.78 is 8.35. The van der Waals surface area contributed by atoms with Crippen molar-refractivity contribution in [3.63, 3.8) is 0 Å². The van der Waals surface area contributed by atoms with Crippen molar-refractivity contribution < 1.29 is 9.53 Å². The van der Waals surface area contributed by atoms with Gasteiger partial charge in [-0.05, 0) is 53.9 Å². The number of methoxy groups -OCH3 is 1. The minimum atomic E-state index is -0.0588. The van der Waals surface area contributed by atoms with Gasteiger partial charge in [0.1, 0.15) is 0 Å². The summed E-state index contributed by atoms with van der Waals surface area (Å²) >= 11 is 5.23. The zero-order valence-electron chi connectivity index (χ0n) is 18.5. The van der Waals surface area contributed by atoms with E-state index in [2.05, 4.69) is 56.1 Å². The number of amides is 1. The van der Waals surface area contributed by atoms with E-state index < -0.39 is 0 Å². The van der Waals surface area contributed by atoms with Crippen molar-refractivity contribution >= 4 is 44.6 Å². The highest BCUT2D eigenvalue weighted by Crippen LogP contribution is 2.28. The van der Waals surface area contributed by atoms with Gasteiger partial charge in [-0.15, -0.1) is 0 Å². The molecule has 0 radical (unpaired) electrons. The van der Waals surface area contributed by atoms with Gasteiger partial charge in [-0.2, -0.15) is 0 Å². The molecule has 1 N–H and O–H groups in total. The summed E-state index contributed by atoms with van der Waals surface area (Å²) in [6, 6.07) is 24.4. The number of carbonyl (C=O) groups is 1. The number of para-hydroxylation sites is 2. The third kappa shape index (κ3) is 6.25. The molecule has 0 fully saturated rings. The summed E-state index contributed by atoms with van der Waals surface area (Å²) in [6.07, 6.45) is 0.800. The Balaban J connectivity index is 1.48. The van der Waals surface area contributed by atoms with Crippen LogP contribution in [0.4, 0.5) is 0 Å². The number of ether oxygens (including phenoxy) is 1. The lowest BCUT2D eigenvalue weighted by atomic mass is 10.1. The van der Waals surface area contributed by atoms with Crippen molar-refractivity contribution in [3.8, 4) is 0 Å². The quantitative estimate of drug-likeness (QED) is 0.207. The van der Waals surface area contributed by atoms with Gasteiger partial charge in [-0.25, -0.2) is 4.98 Å². The molecule has 7 heteroatoms. The monoisotopic (exact) mass is 523 g/mol. The molecule has 1 amide bonds. The molecule has 5 nitrogen and oxygen atoms in total. The van der Waals surface area contributed by atoms with Gasteiger partial charge >= 0.3 is 0 Å². The second-order valence-electron chi connectivity index (χ2n) is 7.68. The Morgan fingerprint density at radius 1 is 1.03 bits per heavy atom. The number of imidazole rings is 1. The Morgan fingerprint density at radius 2 is 1.76 bits per heavy atom. The zero-order valence-corrected chi connectivity index (χ0v) is 20.9. The number of nitrogens with one attached hydrogen (secondary N) is 1. The summed E-state index contributed by atoms with van der Waals surface area (Å²) in [4.78, 5) is 17.2. The first-order valence-electron chi connectivity index (χ1n) is 10.8. The van der Waals surface area contributed by atoms with Gasteiger partial charge in [0.05, 0.1) is 17.6 Å². The number of thioether (sulfide) groups is 1. The summed E-state index contributed by atoms with van der Waals surface area (Å²) in [5, 5.41) is 3.91. The summed E-state index contributed by atoms with van der Waals surface area (Å²) in [7, 11) is 1.66. The first-order chi connectivity index (χ1) is 16.1. The van der Waals surface area contributed by atoms with Crippen LogP contribution < -0.4 is 5.32 Å². The van der Waals surface area contributed by atoms with Crippen molar-refractivity contribution in [2.45, 2.75) is 23.9 Å². The highest BCUT2D eigenvalue weighted by Gasteiger charge is 2.12. The van der Waals surface area contributed by atoms with Gasteiger partial charge in [0.25, 0.3) is 5.91 Å². The maximum absolute atomic E-state index is 12.3. The van der Waals surface area contributed by atoms with Crippen LogP contribution in [0.3, 0.4) is 0 Å². The Kier molecular flexibility index (Phi) is 8.20. The highest BCUT2D eigenvalue weighted by molar-refractivity contribution is 9.10. The van der Waals surface area contributed by atoms with Crippen molar-refractivity contribution in [1.82, 2.24) is 14.9 Å². The first kappa shape index (κ1) is 23.5. The molecule has 0 aliphatic rings. The fraction of sp³-hybridized carbons (Fsp3) is 0.231. The molecule has 33 heavy (non-hydrogen) atoms. The van der Waals surface area contributed by atoms with Crippen LogP contribution >= 0.6 is 27.7 Å². The standard InChI is InChI=1S/C26H26BrN3O2S/c1-32-16-4-15-28-25(31)21-11-7-19(8-12-21)17-30-24-6-3-2-5-23(24)29-26(30)33-18-20-9-13-22(27)14-10-20/h2-3,5-14H,4,15-18H2,1H3,(H,28,31). The molecule has 1 aromatic heterocycles. The van der Waals surface area contributed by atoms with Gasteiger partial charge in [-0.3, -0.25) is 4.79 Å². The number of fused-ring (bicyclic) bond motifs is 1. The summed E-state index contributed by atoms with van der Waals surface area (Å²) in [6.45, 7) is 1.94. The molecular formula is C26H26BrN3O2S. The normalized spacial score (nSPS) is 11.1. The van der Waals surface area contributed by atoms with E-state index in [0.717, 1.165) is 38.4 Å². The van der Waals surface area contributed by atoms with Crippen molar-refractivity contribution in [2.75, 3.05) is 20.3 Å². The third-order valence-corrected chi connectivity index (χ3v) is 6.84. The van der Waals surface area contributed by atoms with Gasteiger partial charge in [0.15, 0.2) is 5.16 Å². The number of aromatic nitrogens is 2. The maximum atomic E-state index is 12.3. The minimum absolute atomic E-state index is 0.0588. The average Bonchev–Trinajstić information content (AvgIpc) is 3.19. The van der Waals surface area contributed by atoms with Crippen LogP contribution in [0.2, 0.25) is 0 Å². The zero-order chi connectivity index (χ0) is 23.0. The molecule has 0 saturated heterocycles. The minimum Gasteiger partial charge on any atom is -0.385 e. The van der Waals surface area contributed by atoms with Crippen LogP contribution in [-0.2, 0) is 17.0 Å². The van der Waals surface area contributed by atoms with E-state index in [9.17, 15) is 4.79 Å². The van der Waals surface area contributed by atoms with Crippen molar-refractivity contribution in [3.05, 3.63) is 94.0 Å². The Morgan fingerprint density at radius 3 is 2.52 bits per heavy atom. The lowest BCUT2D eigenvalue weighted by molar-refractivity contribution is 0.0948. The first-order valence-corrected chi connectivity index (χ1v) is 12.6. The molecule has 0 saturated carbocycles. The Bertz CT molecular complexity index is 1210. The van der Waals surface area contributed by atoms with Gasteiger partial charge in [0, 0.05) is 36.1 Å². The maximum Gasteiger partial charge on any atom is 0.251 e. The fourth-order valence-corrected chi connectivity index (χ4v) is 4.74. The van der Waals surface area contributed by atoms with Crippen LogP contribution in [0, 0.1) is 0 Å². The largest absolute Gasteiger partial charge is 0.385 e. The second kappa shape index (κ2) is 11.5. The van der Waals surface area contributed by atoms with E-state index in [1.165, 1.54) is 5.56 Å². The van der Waals surface area contributed by atoms with Crippen LogP contribution in [0.15, 0.2) is 82.4 Å². The van der Waals surface area contributed by atoms with E-state index in [1.54, 1.807) is 18.9 Å². The van der Waals surface area contributed by atoms with E-state index >= 15 is 0 Å². The Hall–Kier alpha value is -2.61. The summed E-state index contributed by atoms with van der Waals surface area (Å²) in [5.41, 5.74) is 5.14. The number of halogens is 1. The average molecular weight is 524 g/mol. The molecule has 170 valence electrons. The third-order valence-electron chi connectivity index (χ3n) is 5.27. The molecule has 0 unspecified atom stereocenters. The SMILES string of the molecule is COCCCNC(=O)c1ccc(Cn2c(SCc3ccc(Br)cc3)nc3ccccc32)cc1. The predicted octanol–water partition coefficient (Wildman–Crippen LogP) is 5.91. The van der Waals surface area contributed by atoms with Crippen molar-refractivity contribution in [2.24, 2.45) is 0 Å². The van der Waals surface area contributed by atoms with Gasteiger partial charge in [-0.1, -0.05) is 64.1 Å². The molecule has 0 atom stereocenters. The number of nitrogens with zero attached hydrogens (tertiary/aromatic N) is 2. The van der Waals surface area contributed by atoms with Crippen LogP contribution in [-0.4, -0.2) is 35.7 Å². The topological polar surface area (TPSA) is 56.1 Å². The van der Waals surface area contributed by atoms with Gasteiger partial charge in [0.2, 0.25) is 0 Å². The molecule has 4 aromatic rings. The number of hydrogen-bond donors (Lipinski definition) is 1. The fourth-order valence-electron chi connectivity index (χ4n) is 3.51. The smallest absolute Gasteiger partial charge is 0.251 e. The molecule has 0 bridgehead atoms. The molecular weight excluding hydrogens is 498 g/mol. The van der Waals surface area contributed by atoms with Crippen LogP contribution in [0.5, 0.6) is 0 Å². The summed E-state index contributed by atoms with van der Waals surface area (Å²) in [5.74, 6) is 0.787. The van der Waals surface area contributed by atoms with E-state index in [1.807, 2.05) is 42.5 Å². The molecule has 0 aliphatic heterocycles. The number of carbonyl (C=O) groups excluding carboxylic acids is 1. The van der Waals surface area contributed by atoms with Gasteiger partial charge < -0.3 is 14.6 Å². The van der Waals surface area contributed by atoms with E-state index in [-0.39, 0.29) is 5.91 Å². The number of hydrogen-bond acceptors (Lipinski definition) is 4. The lowest BCUT2D eigenvalue weighted by Crippen LogP contribution is -2.25. The molecule has 0 aliphatic carbocycles. The highest BCUT2D eigenvalue weighted by atomic mass is 79.9. The van der Waals surface area contributed by atoms with Crippen molar-refractivity contribution in [1.29, 1.82) is 0 Å². The number of benzene rings is 3. The van der Waals surface area contributed by atoms with Crippen LogP contribution in [0.25, 0.3) is 11.0 Å². The Labute approximate surface area is 206 Å². The van der Waals surface area contributed by atoms with E-state index in [0.29, 0.717) is 25.3 Å². The number of rotatable bonds is 10. The second-order valence-corrected chi connectivity index (χ2v) is 9.54. The lowest BCUT2D eigenvalue weighted by Gasteiger charge is -2.10. The molecule has 4 rings (SSSR count). The van der Waals surface area contributed by atoms with Crippen LogP contribution in [0.1, 0.15) is 27.9 Å². The predicted molar refractivity (Wildman–Crippen MR) is 138 cm³/mol.